The van der Waals surface area contributed by atoms with Gasteiger partial charge in [-0.1, -0.05) is 6.07 Å². The lowest BCUT2D eigenvalue weighted by Gasteiger charge is -2.33. The normalized spacial score (nSPS) is 15.9. The minimum Gasteiger partial charge on any atom is -0.368 e. The van der Waals surface area contributed by atoms with E-state index in [2.05, 4.69) is 60.6 Å². The number of aliphatic imine (C=N–C) groups is 2. The van der Waals surface area contributed by atoms with Gasteiger partial charge in [0.15, 0.2) is 0 Å². The molecule has 144 valence electrons. The first-order valence-electron chi connectivity index (χ1n) is 9.24. The number of benzene rings is 1. The van der Waals surface area contributed by atoms with Gasteiger partial charge in [-0.3, -0.25) is 0 Å². The molecule has 1 saturated heterocycles. The summed E-state index contributed by atoms with van der Waals surface area (Å²) >= 11 is 0. The predicted molar refractivity (Wildman–Crippen MR) is 115 cm³/mol. The monoisotopic (exact) mass is 376 g/mol. The van der Waals surface area contributed by atoms with Gasteiger partial charge < -0.3 is 20.5 Å². The lowest BCUT2D eigenvalue weighted by atomic mass is 10.0. The summed E-state index contributed by atoms with van der Waals surface area (Å²) in [5.41, 5.74) is 9.77. The zero-order valence-electron chi connectivity index (χ0n) is 16.2. The van der Waals surface area contributed by atoms with Gasteiger partial charge in [-0.05, 0) is 38.4 Å². The molecule has 0 unspecified atom stereocenters. The van der Waals surface area contributed by atoms with E-state index < -0.39 is 0 Å². The van der Waals surface area contributed by atoms with Crippen molar-refractivity contribution in [1.82, 2.24) is 19.9 Å². The van der Waals surface area contributed by atoms with E-state index in [4.69, 9.17) is 5.73 Å². The average molecular weight is 376 g/mol. The fourth-order valence-electron chi connectivity index (χ4n) is 3.53. The lowest BCUT2D eigenvalue weighted by Crippen LogP contribution is -2.44. The molecule has 3 heterocycles. The largest absolute Gasteiger partial charge is 0.368 e. The number of likely N-dealkylation sites (N-methyl/N-ethyl adjacent to an activating group) is 1. The summed E-state index contributed by atoms with van der Waals surface area (Å²) in [7, 11) is 2.15. The maximum atomic E-state index is 5.68. The van der Waals surface area contributed by atoms with E-state index in [1.807, 2.05) is 19.2 Å². The van der Waals surface area contributed by atoms with Crippen molar-refractivity contribution < 1.29 is 0 Å². The van der Waals surface area contributed by atoms with E-state index in [0.717, 1.165) is 59.6 Å². The van der Waals surface area contributed by atoms with E-state index in [1.54, 1.807) is 6.33 Å². The van der Waals surface area contributed by atoms with Crippen LogP contribution in [-0.2, 0) is 0 Å². The molecule has 4 rings (SSSR count). The Bertz CT molecular complexity index is 1040. The fraction of sp³-hybridized carbons (Fsp3) is 0.300. The molecule has 0 radical (unpaired) electrons. The second-order valence-electron chi connectivity index (χ2n) is 7.02. The SMILES string of the molecule is C=N/C(N)=N\c1[nH]cc(-c2ccc3ncnc(N4CCN(C)CC4)c3c2)c1C. The molecule has 8 nitrogen and oxygen atoms in total. The van der Waals surface area contributed by atoms with Gasteiger partial charge in [-0.15, -0.1) is 0 Å². The molecule has 1 aliphatic heterocycles. The summed E-state index contributed by atoms with van der Waals surface area (Å²) < 4.78 is 0. The molecule has 0 saturated carbocycles. The van der Waals surface area contributed by atoms with Crippen LogP contribution in [0.1, 0.15) is 5.56 Å². The van der Waals surface area contributed by atoms with Crippen molar-refractivity contribution in [3.8, 4) is 11.1 Å². The van der Waals surface area contributed by atoms with Crippen LogP contribution in [0.25, 0.3) is 22.0 Å². The highest BCUT2D eigenvalue weighted by Gasteiger charge is 2.18. The van der Waals surface area contributed by atoms with E-state index in [-0.39, 0.29) is 5.96 Å². The Hall–Kier alpha value is -3.26. The Morgan fingerprint density at radius 1 is 1.21 bits per heavy atom. The molecule has 28 heavy (non-hydrogen) atoms. The van der Waals surface area contributed by atoms with Crippen molar-refractivity contribution in [3.63, 3.8) is 0 Å². The summed E-state index contributed by atoms with van der Waals surface area (Å²) in [4.78, 5) is 24.8. The summed E-state index contributed by atoms with van der Waals surface area (Å²) in [5, 5.41) is 1.06. The van der Waals surface area contributed by atoms with Gasteiger partial charge in [0.2, 0.25) is 5.96 Å². The second kappa shape index (κ2) is 7.40. The number of H-pyrrole nitrogens is 1. The Morgan fingerprint density at radius 2 is 2.00 bits per heavy atom. The Labute approximate surface area is 163 Å². The summed E-state index contributed by atoms with van der Waals surface area (Å²) in [6, 6.07) is 6.27. The first kappa shape index (κ1) is 18.1. The first-order chi connectivity index (χ1) is 13.6. The van der Waals surface area contributed by atoms with Gasteiger partial charge in [0, 0.05) is 48.9 Å². The number of nitrogens with zero attached hydrogens (tertiary/aromatic N) is 6. The van der Waals surface area contributed by atoms with Crippen LogP contribution >= 0.6 is 0 Å². The lowest BCUT2D eigenvalue weighted by molar-refractivity contribution is 0.312. The van der Waals surface area contributed by atoms with Crippen LogP contribution in [0.4, 0.5) is 11.6 Å². The highest BCUT2D eigenvalue weighted by Crippen LogP contribution is 2.33. The predicted octanol–water partition coefficient (Wildman–Crippen LogP) is 2.33. The number of aromatic nitrogens is 3. The zero-order chi connectivity index (χ0) is 19.7. The molecule has 3 N–H and O–H groups in total. The zero-order valence-corrected chi connectivity index (χ0v) is 16.2. The van der Waals surface area contributed by atoms with Gasteiger partial charge >= 0.3 is 0 Å². The molecule has 0 bridgehead atoms. The average Bonchev–Trinajstić information content (AvgIpc) is 3.08. The molecule has 0 amide bonds. The second-order valence-corrected chi connectivity index (χ2v) is 7.02. The van der Waals surface area contributed by atoms with Gasteiger partial charge in [0.25, 0.3) is 0 Å². The van der Waals surface area contributed by atoms with Crippen molar-refractivity contribution in [1.29, 1.82) is 0 Å². The van der Waals surface area contributed by atoms with Crippen molar-refractivity contribution in [2.45, 2.75) is 6.92 Å². The van der Waals surface area contributed by atoms with Crippen molar-refractivity contribution in [2.24, 2.45) is 15.7 Å². The van der Waals surface area contributed by atoms with Crippen LogP contribution in [0.2, 0.25) is 0 Å². The number of fused-ring (bicyclic) bond motifs is 1. The van der Waals surface area contributed by atoms with Crippen LogP contribution in [0.5, 0.6) is 0 Å². The third-order valence-corrected chi connectivity index (χ3v) is 5.23. The standard InChI is InChI=1S/C20H24N8/c1-13-16(11-23-18(13)26-20(21)22-2)14-4-5-17-15(10-14)19(25-12-24-17)28-8-6-27(3)7-9-28/h4-5,10-12,23H,2,6-9H2,1,3H3,(H2,21,26). The quantitative estimate of drug-likeness (QED) is 0.540. The van der Waals surface area contributed by atoms with Gasteiger partial charge in [-0.25, -0.2) is 15.0 Å². The summed E-state index contributed by atoms with van der Waals surface area (Å²) in [5.74, 6) is 1.82. The highest BCUT2D eigenvalue weighted by atomic mass is 15.3. The van der Waals surface area contributed by atoms with Gasteiger partial charge in [0.05, 0.1) is 5.52 Å². The Kier molecular flexibility index (Phi) is 4.79. The van der Waals surface area contributed by atoms with Gasteiger partial charge in [0.1, 0.15) is 18.0 Å². The number of anilines is 1. The topological polar surface area (TPSA) is 98.8 Å². The van der Waals surface area contributed by atoms with E-state index in [0.29, 0.717) is 5.82 Å². The molecule has 0 atom stereocenters. The summed E-state index contributed by atoms with van der Waals surface area (Å²) in [6.07, 6.45) is 3.58. The number of guanidine groups is 1. The minimum absolute atomic E-state index is 0.140. The minimum atomic E-state index is 0.140. The molecular weight excluding hydrogens is 352 g/mol. The maximum Gasteiger partial charge on any atom is 0.221 e. The van der Waals surface area contributed by atoms with E-state index in [1.165, 1.54) is 0 Å². The third-order valence-electron chi connectivity index (χ3n) is 5.23. The van der Waals surface area contributed by atoms with E-state index >= 15 is 0 Å². The third kappa shape index (κ3) is 3.34. The number of hydrogen-bond acceptors (Lipinski definition) is 5. The molecule has 1 aromatic carbocycles. The van der Waals surface area contributed by atoms with Crippen LogP contribution in [0.3, 0.4) is 0 Å². The van der Waals surface area contributed by atoms with Crippen LogP contribution in [-0.4, -0.2) is 65.8 Å². The van der Waals surface area contributed by atoms with Crippen molar-refractivity contribution in [2.75, 3.05) is 38.1 Å². The van der Waals surface area contributed by atoms with E-state index in [9.17, 15) is 0 Å². The molecule has 0 spiro atoms. The van der Waals surface area contributed by atoms with Crippen molar-refractivity contribution >= 4 is 35.2 Å². The molecule has 3 aromatic rings. The highest BCUT2D eigenvalue weighted by molar-refractivity contribution is 5.93. The van der Waals surface area contributed by atoms with Crippen molar-refractivity contribution in [3.05, 3.63) is 36.3 Å². The molecule has 2 aromatic heterocycles. The van der Waals surface area contributed by atoms with Crippen LogP contribution in [0, 0.1) is 6.92 Å². The number of piperazine rings is 1. The molecule has 0 aliphatic carbocycles. The number of nitrogens with two attached hydrogens (primary N) is 1. The van der Waals surface area contributed by atoms with Crippen LogP contribution < -0.4 is 10.6 Å². The number of aromatic amines is 1. The molecule has 1 aliphatic rings. The van der Waals surface area contributed by atoms with Gasteiger partial charge in [-0.2, -0.15) is 4.99 Å². The molecule has 8 heteroatoms. The number of hydrogen-bond donors (Lipinski definition) is 2. The molecule has 1 fully saturated rings. The Balaban J connectivity index is 1.76. The van der Waals surface area contributed by atoms with Crippen LogP contribution in [0.15, 0.2) is 40.7 Å². The first-order valence-corrected chi connectivity index (χ1v) is 9.24. The summed E-state index contributed by atoms with van der Waals surface area (Å²) in [6.45, 7) is 9.39. The number of nitrogens with one attached hydrogen (secondary N) is 1. The number of rotatable bonds is 3. The fourth-order valence-corrected chi connectivity index (χ4v) is 3.53. The Morgan fingerprint density at radius 3 is 2.75 bits per heavy atom. The smallest absolute Gasteiger partial charge is 0.221 e. The maximum absolute atomic E-state index is 5.68. The molecular formula is C20H24N8.